The van der Waals surface area contributed by atoms with Crippen molar-refractivity contribution in [3.05, 3.63) is 166 Å². The Bertz CT molecular complexity index is 2000. The molecule has 2 saturated carbocycles. The first-order valence-corrected chi connectivity index (χ1v) is 24.0. The van der Waals surface area contributed by atoms with Crippen LogP contribution in [0.5, 0.6) is 0 Å². The first-order valence-electron chi connectivity index (χ1n) is 20.1. The van der Waals surface area contributed by atoms with E-state index in [2.05, 4.69) is 201 Å². The fraction of sp³-hybridized carbons (Fsp3) is 0.431. The first-order chi connectivity index (χ1) is 24.8. The number of fused-ring (bicyclic) bond motifs is 8. The number of rotatable bonds is 8. The third kappa shape index (κ3) is 5.12. The Morgan fingerprint density at radius 3 is 1.63 bits per heavy atom. The molecule has 9 unspecified atom stereocenters. The molecular formula is C51H62Cl2Zr. The predicted octanol–water partition coefficient (Wildman–Crippen LogP) is 14.0. The predicted molar refractivity (Wildman–Crippen MR) is 234 cm³/mol. The molecule has 3 heteroatoms. The van der Waals surface area contributed by atoms with Crippen molar-refractivity contribution in [1.29, 1.82) is 0 Å². The molecule has 2 aromatic carbocycles. The molecule has 0 heterocycles. The summed E-state index contributed by atoms with van der Waals surface area (Å²) in [6.07, 6.45) is 41.3. The van der Waals surface area contributed by atoms with Gasteiger partial charge in [-0.3, -0.25) is 0 Å². The van der Waals surface area contributed by atoms with Crippen LogP contribution in [0.15, 0.2) is 155 Å². The summed E-state index contributed by atoms with van der Waals surface area (Å²) in [5.41, 5.74) is 4.17. The second kappa shape index (κ2) is 14.6. The number of allylic oxidation sites excluding steroid dienone is 16. The van der Waals surface area contributed by atoms with Gasteiger partial charge in [0.05, 0.1) is 0 Å². The van der Waals surface area contributed by atoms with Crippen molar-refractivity contribution in [1.82, 2.24) is 0 Å². The van der Waals surface area contributed by atoms with Crippen LogP contribution in [0, 0.1) is 43.8 Å². The smallest absolute Gasteiger partial charge is 0.147 e. The van der Waals surface area contributed by atoms with Crippen molar-refractivity contribution < 1.29 is 21.3 Å². The van der Waals surface area contributed by atoms with Crippen LogP contribution in [0.25, 0.3) is 0 Å². The molecule has 0 aromatic heterocycles. The minimum Gasteiger partial charge on any atom is -0.147 e. The maximum Gasteiger partial charge on any atom is -0.147 e. The number of aryl methyl sites for hydroxylation is 2. The van der Waals surface area contributed by atoms with E-state index < -0.39 is 21.3 Å². The van der Waals surface area contributed by atoms with Crippen LogP contribution in [0.4, 0.5) is 0 Å². The van der Waals surface area contributed by atoms with E-state index in [1.165, 1.54) is 24.0 Å². The van der Waals surface area contributed by atoms with Gasteiger partial charge in [0, 0.05) is 0 Å². The van der Waals surface area contributed by atoms with Gasteiger partial charge in [0.1, 0.15) is 0 Å². The topological polar surface area (TPSA) is 0 Å². The van der Waals surface area contributed by atoms with Gasteiger partial charge in [-0.1, -0.05) is 0 Å². The van der Waals surface area contributed by atoms with Gasteiger partial charge in [-0.15, -0.1) is 24.8 Å². The molecule has 0 saturated heterocycles. The van der Waals surface area contributed by atoms with Crippen molar-refractivity contribution in [3.8, 4) is 0 Å². The van der Waals surface area contributed by atoms with Crippen molar-refractivity contribution in [2.24, 2.45) is 43.8 Å². The Morgan fingerprint density at radius 2 is 1.11 bits per heavy atom. The fourth-order valence-corrected chi connectivity index (χ4v) is 25.3. The van der Waals surface area contributed by atoms with Crippen molar-refractivity contribution in [2.45, 2.75) is 91.1 Å². The Labute approximate surface area is 347 Å². The van der Waals surface area contributed by atoms with Crippen LogP contribution in [-0.2, 0) is 34.1 Å². The third-order valence-electron chi connectivity index (χ3n) is 17.4. The van der Waals surface area contributed by atoms with Gasteiger partial charge in [-0.25, -0.2) is 0 Å². The summed E-state index contributed by atoms with van der Waals surface area (Å²) in [6.45, 7) is 21.5. The third-order valence-corrected chi connectivity index (χ3v) is 27.0. The van der Waals surface area contributed by atoms with Crippen LogP contribution < -0.4 is 0 Å². The standard InChI is InChI=1S/C29H37.C17H18.C5H5.2ClH.Zr/c1-21-14-13-15-22-20-27(6)25(4)18-10-9-16-23(25,2)24(3)17-11-12-19-26(24,5)29(27,8)28(21,22)7;1-4-10-16(11-5-1)14-8-3-9-15-17-12-6-2-7-13-17;1-2-4-5-3-1;;;/h9-20,22H,1-8H3;1-2,4-7,10-13H,8-9,14-15H2;1-3H,4H2;2*1H;. The molecule has 2 fully saturated rings. The van der Waals surface area contributed by atoms with E-state index in [1.54, 1.807) is 5.57 Å². The van der Waals surface area contributed by atoms with E-state index in [0.717, 1.165) is 19.3 Å². The monoisotopic (exact) mass is 834 g/mol. The minimum absolute atomic E-state index is 0. The molecule has 0 amide bonds. The molecule has 0 N–H and O–H groups in total. The van der Waals surface area contributed by atoms with Gasteiger partial charge in [0.15, 0.2) is 0 Å². The largest absolute Gasteiger partial charge is 0.147 e. The normalized spacial score (nSPS) is 39.0. The number of halogens is 2. The maximum absolute atomic E-state index is 2.84. The van der Waals surface area contributed by atoms with Gasteiger partial charge in [-0.2, -0.15) is 0 Å². The summed E-state index contributed by atoms with van der Waals surface area (Å²) in [7, 11) is 0. The first kappa shape index (κ1) is 41.3. The van der Waals surface area contributed by atoms with Crippen LogP contribution in [-0.4, -0.2) is 3.21 Å². The quantitative estimate of drug-likeness (QED) is 0.248. The van der Waals surface area contributed by atoms with E-state index in [4.69, 9.17) is 0 Å². The van der Waals surface area contributed by atoms with E-state index in [0.29, 0.717) is 9.54 Å². The molecule has 54 heavy (non-hydrogen) atoms. The second-order valence-corrected chi connectivity index (χ2v) is 25.2. The molecule has 0 radical (unpaired) electrons. The molecule has 6 aliphatic carbocycles. The van der Waals surface area contributed by atoms with Crippen LogP contribution in [0.1, 0.15) is 85.8 Å². The second-order valence-electron chi connectivity index (χ2n) is 18.3. The van der Waals surface area contributed by atoms with Crippen molar-refractivity contribution >= 4 is 28.0 Å². The van der Waals surface area contributed by atoms with Crippen molar-refractivity contribution in [2.75, 3.05) is 0 Å². The molecular weight excluding hydrogens is 775 g/mol. The van der Waals surface area contributed by atoms with E-state index in [9.17, 15) is 0 Å². The van der Waals surface area contributed by atoms with Gasteiger partial charge in [-0.05, 0) is 0 Å². The number of hydrogen-bond acceptors (Lipinski definition) is 0. The van der Waals surface area contributed by atoms with E-state index >= 15 is 0 Å². The summed E-state index contributed by atoms with van der Waals surface area (Å²) in [5, 5.41) is 0. The summed E-state index contributed by atoms with van der Waals surface area (Å²) >= 11 is -2.72. The summed E-state index contributed by atoms with van der Waals surface area (Å²) < 4.78 is 4.37. The Morgan fingerprint density at radius 1 is 0.611 bits per heavy atom. The van der Waals surface area contributed by atoms with Crippen LogP contribution >= 0.6 is 24.8 Å². The molecule has 6 aliphatic rings. The average molecular weight is 837 g/mol. The summed E-state index contributed by atoms with van der Waals surface area (Å²) in [5.74, 6) is 0.478. The van der Waals surface area contributed by atoms with Crippen molar-refractivity contribution in [3.63, 3.8) is 0 Å². The Balaban J connectivity index is 0.00000249. The molecule has 9 atom stereocenters. The molecule has 0 aliphatic heterocycles. The van der Waals surface area contributed by atoms with Gasteiger partial charge < -0.3 is 0 Å². The zero-order valence-corrected chi connectivity index (χ0v) is 38.0. The average Bonchev–Trinajstić information content (AvgIpc) is 3.74. The Kier molecular flexibility index (Phi) is 11.2. The SMILES string of the molecule is CC1=CC=CC2[CH]([Zr]([C]3=CC=CC3)=[C](CCc3ccccc3)CCc3ccccc3)C3(C)C4(C)C=CC=CC4(C)C4(C)C=CC=CC4(C)C3(C)C12C.Cl.Cl. The molecule has 0 nitrogen and oxygen atoms in total. The van der Waals surface area contributed by atoms with E-state index in [1.807, 2.05) is 6.49 Å². The Hall–Kier alpha value is -2.31. The maximum atomic E-state index is 2.84. The van der Waals surface area contributed by atoms with Gasteiger partial charge in [0.2, 0.25) is 0 Å². The number of hydrogen-bond donors (Lipinski definition) is 0. The minimum atomic E-state index is -2.72. The van der Waals surface area contributed by atoms with Gasteiger partial charge in [0.25, 0.3) is 0 Å². The zero-order valence-electron chi connectivity index (χ0n) is 33.9. The van der Waals surface area contributed by atoms with Crippen LogP contribution in [0.2, 0.25) is 3.63 Å². The van der Waals surface area contributed by atoms with E-state index in [-0.39, 0.29) is 62.7 Å². The van der Waals surface area contributed by atoms with Gasteiger partial charge >= 0.3 is 325 Å². The molecule has 0 spiro atoms. The summed E-state index contributed by atoms with van der Waals surface area (Å²) in [4.78, 5) is 0. The molecule has 2 aromatic rings. The molecule has 0 bridgehead atoms. The molecule has 284 valence electrons. The summed E-state index contributed by atoms with van der Waals surface area (Å²) in [6, 6.07) is 22.7. The molecule has 8 rings (SSSR count). The fourth-order valence-electron chi connectivity index (χ4n) is 13.8. The number of benzene rings is 2. The zero-order chi connectivity index (χ0) is 36.6. The van der Waals surface area contributed by atoms with Crippen LogP contribution in [0.3, 0.4) is 0 Å².